The van der Waals surface area contributed by atoms with E-state index in [-0.39, 0.29) is 0 Å². The summed E-state index contributed by atoms with van der Waals surface area (Å²) in [5.74, 6) is 2.68. The van der Waals surface area contributed by atoms with Crippen LogP contribution >= 0.6 is 0 Å². The van der Waals surface area contributed by atoms with Gasteiger partial charge in [-0.3, -0.25) is 4.90 Å². The SMILES string of the molecule is C#CC(CC)N(C)C.c1ccccc1. The molecule has 0 aliphatic heterocycles. The fourth-order valence-electron chi connectivity index (χ4n) is 1.02. The lowest BCUT2D eigenvalue weighted by Crippen LogP contribution is -2.24. The molecule has 1 aromatic rings. The number of hydrogen-bond donors (Lipinski definition) is 0. The molecule has 1 unspecified atom stereocenters. The van der Waals surface area contributed by atoms with Crippen molar-refractivity contribution >= 4 is 0 Å². The molecule has 76 valence electrons. The van der Waals surface area contributed by atoms with Crippen molar-refractivity contribution < 1.29 is 0 Å². The van der Waals surface area contributed by atoms with Gasteiger partial charge in [0.05, 0.1) is 6.04 Å². The van der Waals surface area contributed by atoms with Crippen LogP contribution in [0.1, 0.15) is 13.3 Å². The van der Waals surface area contributed by atoms with Crippen molar-refractivity contribution in [3.05, 3.63) is 36.4 Å². The van der Waals surface area contributed by atoms with Crippen LogP contribution in [0.4, 0.5) is 0 Å². The molecule has 0 N–H and O–H groups in total. The zero-order chi connectivity index (χ0) is 10.8. The second-order valence-electron chi connectivity index (χ2n) is 3.21. The molecule has 0 aliphatic rings. The Hall–Kier alpha value is -1.26. The summed E-state index contributed by atoms with van der Waals surface area (Å²) in [5.41, 5.74) is 0. The van der Waals surface area contributed by atoms with Gasteiger partial charge >= 0.3 is 0 Å². The summed E-state index contributed by atoms with van der Waals surface area (Å²) in [6.07, 6.45) is 6.22. The van der Waals surface area contributed by atoms with Crippen molar-refractivity contribution in [2.75, 3.05) is 14.1 Å². The molecule has 0 bridgehead atoms. The Bertz CT molecular complexity index is 219. The lowest BCUT2D eigenvalue weighted by molar-refractivity contribution is 0.346. The average molecular weight is 189 g/mol. The topological polar surface area (TPSA) is 3.24 Å². The first-order valence-electron chi connectivity index (χ1n) is 4.85. The minimum Gasteiger partial charge on any atom is -0.296 e. The first-order valence-corrected chi connectivity index (χ1v) is 4.85. The van der Waals surface area contributed by atoms with Gasteiger partial charge in [-0.15, -0.1) is 6.42 Å². The molecule has 1 rings (SSSR count). The third-order valence-corrected chi connectivity index (χ3v) is 1.87. The Morgan fingerprint density at radius 1 is 1.07 bits per heavy atom. The Morgan fingerprint density at radius 2 is 1.43 bits per heavy atom. The highest BCUT2D eigenvalue weighted by molar-refractivity contribution is 4.99. The number of benzene rings is 1. The first-order chi connectivity index (χ1) is 6.72. The molecule has 0 radical (unpaired) electrons. The fourth-order valence-corrected chi connectivity index (χ4v) is 1.02. The van der Waals surface area contributed by atoms with Crippen molar-refractivity contribution in [3.63, 3.8) is 0 Å². The minimum absolute atomic E-state index is 0.315. The molecule has 0 heterocycles. The third kappa shape index (κ3) is 6.28. The van der Waals surface area contributed by atoms with E-state index >= 15 is 0 Å². The number of terminal acetylenes is 1. The van der Waals surface area contributed by atoms with Crippen LogP contribution in [0.2, 0.25) is 0 Å². The van der Waals surface area contributed by atoms with Crippen LogP contribution in [0.15, 0.2) is 36.4 Å². The van der Waals surface area contributed by atoms with E-state index in [4.69, 9.17) is 6.42 Å². The van der Waals surface area contributed by atoms with Gasteiger partial charge in [0.25, 0.3) is 0 Å². The van der Waals surface area contributed by atoms with E-state index in [1.54, 1.807) is 0 Å². The van der Waals surface area contributed by atoms with E-state index in [1.165, 1.54) is 0 Å². The van der Waals surface area contributed by atoms with E-state index in [1.807, 2.05) is 55.4 Å². The van der Waals surface area contributed by atoms with Gasteiger partial charge in [0.2, 0.25) is 0 Å². The largest absolute Gasteiger partial charge is 0.296 e. The van der Waals surface area contributed by atoms with Gasteiger partial charge in [0.15, 0.2) is 0 Å². The monoisotopic (exact) mass is 189 g/mol. The molecular formula is C13H19N. The molecule has 0 spiro atoms. The van der Waals surface area contributed by atoms with Crippen LogP contribution in [0.25, 0.3) is 0 Å². The maximum Gasteiger partial charge on any atom is 0.0704 e. The van der Waals surface area contributed by atoms with Crippen molar-refractivity contribution in [2.24, 2.45) is 0 Å². The highest BCUT2D eigenvalue weighted by Crippen LogP contribution is 1.94. The maximum atomic E-state index is 5.19. The first kappa shape index (κ1) is 12.7. The zero-order valence-electron chi connectivity index (χ0n) is 9.27. The van der Waals surface area contributed by atoms with E-state index in [2.05, 4.69) is 12.8 Å². The lowest BCUT2D eigenvalue weighted by Gasteiger charge is -2.15. The standard InChI is InChI=1S/C7H13N.C6H6/c1-5-7(6-2)8(3)4;1-2-4-6-5-3-1/h1,7H,6H2,2-4H3;1-6H. The Balaban J connectivity index is 0.000000249. The van der Waals surface area contributed by atoms with Crippen molar-refractivity contribution in [1.29, 1.82) is 0 Å². The predicted octanol–water partition coefficient (Wildman–Crippen LogP) is 2.65. The third-order valence-electron chi connectivity index (χ3n) is 1.87. The molecule has 0 aromatic heterocycles. The van der Waals surface area contributed by atoms with E-state index in [0.717, 1.165) is 6.42 Å². The summed E-state index contributed by atoms with van der Waals surface area (Å²) in [4.78, 5) is 2.04. The molecule has 1 nitrogen and oxygen atoms in total. The van der Waals surface area contributed by atoms with E-state index < -0.39 is 0 Å². The minimum atomic E-state index is 0.315. The normalized spacial score (nSPS) is 11.1. The van der Waals surface area contributed by atoms with Crippen LogP contribution in [-0.2, 0) is 0 Å². The van der Waals surface area contributed by atoms with E-state index in [0.29, 0.717) is 6.04 Å². The molecule has 0 aliphatic carbocycles. The Morgan fingerprint density at radius 3 is 1.50 bits per heavy atom. The van der Waals surface area contributed by atoms with Gasteiger partial charge in [-0.1, -0.05) is 49.2 Å². The van der Waals surface area contributed by atoms with Gasteiger partial charge in [-0.05, 0) is 20.5 Å². The van der Waals surface area contributed by atoms with Crippen LogP contribution in [0.3, 0.4) is 0 Å². The van der Waals surface area contributed by atoms with E-state index in [9.17, 15) is 0 Å². The summed E-state index contributed by atoms with van der Waals surface area (Å²) in [7, 11) is 3.99. The molecular weight excluding hydrogens is 170 g/mol. The van der Waals surface area contributed by atoms with Gasteiger partial charge in [0.1, 0.15) is 0 Å². The zero-order valence-corrected chi connectivity index (χ0v) is 9.27. The van der Waals surface area contributed by atoms with Gasteiger partial charge in [-0.2, -0.15) is 0 Å². The lowest BCUT2D eigenvalue weighted by atomic mass is 10.2. The number of hydrogen-bond acceptors (Lipinski definition) is 1. The number of rotatable bonds is 2. The average Bonchev–Trinajstić information content (AvgIpc) is 2.22. The van der Waals surface area contributed by atoms with Crippen LogP contribution < -0.4 is 0 Å². The van der Waals surface area contributed by atoms with Crippen LogP contribution in [-0.4, -0.2) is 25.0 Å². The van der Waals surface area contributed by atoms with Gasteiger partial charge in [0, 0.05) is 0 Å². The second-order valence-corrected chi connectivity index (χ2v) is 3.21. The maximum absolute atomic E-state index is 5.19. The summed E-state index contributed by atoms with van der Waals surface area (Å²) in [6, 6.07) is 12.3. The highest BCUT2D eigenvalue weighted by atomic mass is 15.1. The molecule has 1 heteroatoms. The van der Waals surface area contributed by atoms with Gasteiger partial charge < -0.3 is 0 Å². The summed E-state index contributed by atoms with van der Waals surface area (Å²) in [5, 5.41) is 0. The summed E-state index contributed by atoms with van der Waals surface area (Å²) >= 11 is 0. The van der Waals surface area contributed by atoms with Crippen molar-refractivity contribution in [2.45, 2.75) is 19.4 Å². The summed E-state index contributed by atoms with van der Waals surface area (Å²) < 4.78 is 0. The van der Waals surface area contributed by atoms with Gasteiger partial charge in [-0.25, -0.2) is 0 Å². The quantitative estimate of drug-likeness (QED) is 0.646. The molecule has 1 atom stereocenters. The van der Waals surface area contributed by atoms with Crippen LogP contribution in [0, 0.1) is 12.3 Å². The van der Waals surface area contributed by atoms with Crippen molar-refractivity contribution in [3.8, 4) is 12.3 Å². The number of nitrogens with zero attached hydrogens (tertiary/aromatic N) is 1. The Labute approximate surface area is 87.8 Å². The Kier molecular flexibility index (Phi) is 7.59. The molecule has 1 aromatic carbocycles. The molecule has 14 heavy (non-hydrogen) atoms. The molecule has 0 saturated heterocycles. The predicted molar refractivity (Wildman–Crippen MR) is 63.0 cm³/mol. The van der Waals surface area contributed by atoms with Crippen molar-refractivity contribution in [1.82, 2.24) is 4.90 Å². The highest BCUT2D eigenvalue weighted by Gasteiger charge is 2.00. The smallest absolute Gasteiger partial charge is 0.0704 e. The molecule has 0 saturated carbocycles. The summed E-state index contributed by atoms with van der Waals surface area (Å²) in [6.45, 7) is 2.09. The fraction of sp³-hybridized carbons (Fsp3) is 0.385. The molecule has 0 fully saturated rings. The van der Waals surface area contributed by atoms with Crippen LogP contribution in [0.5, 0.6) is 0 Å². The second kappa shape index (κ2) is 8.34. The molecule has 0 amide bonds.